The number of hydrogen-bond acceptors (Lipinski definition) is 3. The molecular formula is C5H8FO3P. The number of hydrogen-bond donors (Lipinski definition) is 0. The molecule has 0 unspecified atom stereocenters. The maximum atomic E-state index is 12.3. The van der Waals surface area contributed by atoms with Crippen LogP contribution in [0.25, 0.3) is 0 Å². The van der Waals surface area contributed by atoms with E-state index in [9.17, 15) is 8.76 Å². The Kier molecular flexibility index (Phi) is 2.24. The van der Waals surface area contributed by atoms with Gasteiger partial charge < -0.3 is 0 Å². The SMILES string of the molecule is C=CC1COP(=O)(F)OC1. The minimum absolute atomic E-state index is 0.0437. The highest BCUT2D eigenvalue weighted by molar-refractivity contribution is 7.48. The second kappa shape index (κ2) is 2.82. The molecule has 0 aromatic heterocycles. The molecule has 0 aromatic carbocycles. The van der Waals surface area contributed by atoms with Crippen LogP contribution in [0.4, 0.5) is 4.20 Å². The van der Waals surface area contributed by atoms with Crippen molar-refractivity contribution in [2.75, 3.05) is 13.2 Å². The van der Waals surface area contributed by atoms with E-state index in [1.54, 1.807) is 6.08 Å². The fourth-order valence-corrected chi connectivity index (χ4v) is 1.40. The Bertz CT molecular complexity index is 170. The van der Waals surface area contributed by atoms with Crippen molar-refractivity contribution in [2.45, 2.75) is 0 Å². The van der Waals surface area contributed by atoms with Crippen LogP contribution in [0.1, 0.15) is 0 Å². The van der Waals surface area contributed by atoms with Crippen LogP contribution in [0, 0.1) is 5.92 Å². The largest absolute Gasteiger partial charge is 0.513 e. The molecule has 0 bridgehead atoms. The Morgan fingerprint density at radius 3 is 2.50 bits per heavy atom. The molecule has 3 nitrogen and oxygen atoms in total. The maximum Gasteiger partial charge on any atom is 0.513 e. The van der Waals surface area contributed by atoms with E-state index in [-0.39, 0.29) is 19.1 Å². The molecule has 0 amide bonds. The predicted molar refractivity (Wildman–Crippen MR) is 34.3 cm³/mol. The van der Waals surface area contributed by atoms with Crippen LogP contribution in [-0.4, -0.2) is 13.2 Å². The molecule has 10 heavy (non-hydrogen) atoms. The Labute approximate surface area is 58.5 Å². The standard InChI is InChI=1S/C5H8FO3P/c1-2-5-3-8-10(6,7)9-4-5/h2,5H,1,3-4H2. The van der Waals surface area contributed by atoms with Gasteiger partial charge in [-0.3, -0.25) is 9.05 Å². The van der Waals surface area contributed by atoms with Gasteiger partial charge in [-0.15, -0.1) is 10.8 Å². The zero-order chi connectivity index (χ0) is 7.61. The van der Waals surface area contributed by atoms with Gasteiger partial charge in [-0.1, -0.05) is 6.08 Å². The molecule has 0 saturated carbocycles. The summed E-state index contributed by atoms with van der Waals surface area (Å²) in [5, 5.41) is 0. The van der Waals surface area contributed by atoms with E-state index in [2.05, 4.69) is 15.6 Å². The lowest BCUT2D eigenvalue weighted by Crippen LogP contribution is -2.17. The second-order valence-electron chi connectivity index (χ2n) is 2.02. The highest BCUT2D eigenvalue weighted by atomic mass is 31.2. The van der Waals surface area contributed by atoms with Gasteiger partial charge in [-0.05, 0) is 0 Å². The highest BCUT2D eigenvalue weighted by Crippen LogP contribution is 2.52. The summed E-state index contributed by atoms with van der Waals surface area (Å²) in [6.45, 7) is 3.65. The highest BCUT2D eigenvalue weighted by Gasteiger charge is 2.30. The van der Waals surface area contributed by atoms with E-state index in [0.29, 0.717) is 0 Å². The summed E-state index contributed by atoms with van der Waals surface area (Å²) in [5.74, 6) is -0.0437. The van der Waals surface area contributed by atoms with Crippen molar-refractivity contribution in [1.82, 2.24) is 0 Å². The Hall–Kier alpha value is -0.180. The third kappa shape index (κ3) is 1.90. The average molecular weight is 166 g/mol. The average Bonchev–Trinajstić information content (AvgIpc) is 1.88. The predicted octanol–water partition coefficient (Wildman–Crippen LogP) is 1.91. The van der Waals surface area contributed by atoms with Crippen LogP contribution in [0.5, 0.6) is 0 Å². The fraction of sp³-hybridized carbons (Fsp3) is 0.600. The molecule has 0 aliphatic carbocycles. The van der Waals surface area contributed by atoms with Crippen LogP contribution in [0.2, 0.25) is 0 Å². The molecule has 0 aromatic rings. The monoisotopic (exact) mass is 166 g/mol. The quantitative estimate of drug-likeness (QED) is 0.441. The fourth-order valence-electron chi connectivity index (χ4n) is 0.591. The Balaban J connectivity index is 2.45. The molecule has 1 heterocycles. The number of rotatable bonds is 1. The first kappa shape index (κ1) is 7.92. The molecule has 0 N–H and O–H groups in total. The van der Waals surface area contributed by atoms with Gasteiger partial charge >= 0.3 is 7.91 Å². The van der Waals surface area contributed by atoms with E-state index in [0.717, 1.165) is 0 Å². The lowest BCUT2D eigenvalue weighted by atomic mass is 10.2. The summed E-state index contributed by atoms with van der Waals surface area (Å²) in [7, 11) is -4.18. The van der Waals surface area contributed by atoms with E-state index in [4.69, 9.17) is 0 Å². The van der Waals surface area contributed by atoms with Crippen molar-refractivity contribution < 1.29 is 17.8 Å². The third-order valence-corrected chi connectivity index (χ3v) is 2.13. The maximum absolute atomic E-state index is 12.3. The molecule has 5 heteroatoms. The summed E-state index contributed by atoms with van der Waals surface area (Å²) >= 11 is 0. The van der Waals surface area contributed by atoms with Crippen molar-refractivity contribution in [3.63, 3.8) is 0 Å². The van der Waals surface area contributed by atoms with Crippen LogP contribution >= 0.6 is 7.91 Å². The molecule has 0 spiro atoms. The normalized spacial score (nSPS) is 41.1. The van der Waals surface area contributed by atoms with E-state index in [1.807, 2.05) is 0 Å². The van der Waals surface area contributed by atoms with Gasteiger partial charge in [0.2, 0.25) is 0 Å². The van der Waals surface area contributed by atoms with Crippen molar-refractivity contribution in [3.05, 3.63) is 12.7 Å². The number of halogens is 1. The second-order valence-corrected chi connectivity index (χ2v) is 3.40. The van der Waals surface area contributed by atoms with Crippen LogP contribution in [0.3, 0.4) is 0 Å². The van der Waals surface area contributed by atoms with Gasteiger partial charge in [0.1, 0.15) is 0 Å². The van der Waals surface area contributed by atoms with Crippen LogP contribution in [0.15, 0.2) is 12.7 Å². The van der Waals surface area contributed by atoms with Crippen LogP contribution < -0.4 is 0 Å². The zero-order valence-electron chi connectivity index (χ0n) is 5.33. The first-order valence-corrected chi connectivity index (χ1v) is 4.29. The van der Waals surface area contributed by atoms with E-state index < -0.39 is 7.91 Å². The lowest BCUT2D eigenvalue weighted by molar-refractivity contribution is 0.0921. The van der Waals surface area contributed by atoms with Gasteiger partial charge in [0.05, 0.1) is 13.2 Å². The molecular weight excluding hydrogens is 158 g/mol. The molecule has 58 valence electrons. The molecule has 0 atom stereocenters. The van der Waals surface area contributed by atoms with Gasteiger partial charge in [0.25, 0.3) is 0 Å². The molecule has 1 rings (SSSR count). The van der Waals surface area contributed by atoms with Crippen molar-refractivity contribution >= 4 is 7.91 Å². The lowest BCUT2D eigenvalue weighted by Gasteiger charge is -2.20. The summed E-state index contributed by atoms with van der Waals surface area (Å²) in [6, 6.07) is 0. The molecule has 0 radical (unpaired) electrons. The summed E-state index contributed by atoms with van der Waals surface area (Å²) in [6.07, 6.45) is 1.58. The van der Waals surface area contributed by atoms with Gasteiger partial charge in [0.15, 0.2) is 0 Å². The molecule has 1 aliphatic heterocycles. The first-order chi connectivity index (χ1) is 4.64. The molecule has 1 aliphatic rings. The Morgan fingerprint density at radius 1 is 1.60 bits per heavy atom. The molecule has 1 saturated heterocycles. The minimum atomic E-state index is -4.18. The van der Waals surface area contributed by atoms with Crippen molar-refractivity contribution in [1.29, 1.82) is 0 Å². The smallest absolute Gasteiger partial charge is 0.283 e. The summed E-state index contributed by atoms with van der Waals surface area (Å²) in [5.41, 5.74) is 0. The van der Waals surface area contributed by atoms with E-state index >= 15 is 0 Å². The Morgan fingerprint density at radius 2 is 2.10 bits per heavy atom. The molecule has 1 fully saturated rings. The van der Waals surface area contributed by atoms with E-state index in [1.165, 1.54) is 0 Å². The topological polar surface area (TPSA) is 35.5 Å². The van der Waals surface area contributed by atoms with Gasteiger partial charge in [0, 0.05) is 5.92 Å². The first-order valence-electron chi connectivity index (χ1n) is 2.85. The van der Waals surface area contributed by atoms with Crippen LogP contribution in [-0.2, 0) is 13.6 Å². The summed E-state index contributed by atoms with van der Waals surface area (Å²) in [4.78, 5) is 0. The van der Waals surface area contributed by atoms with Gasteiger partial charge in [-0.2, -0.15) is 0 Å². The third-order valence-electron chi connectivity index (χ3n) is 1.22. The zero-order valence-corrected chi connectivity index (χ0v) is 6.22. The minimum Gasteiger partial charge on any atom is -0.283 e. The van der Waals surface area contributed by atoms with Gasteiger partial charge in [-0.25, -0.2) is 4.57 Å². The van der Waals surface area contributed by atoms with Crippen molar-refractivity contribution in [3.8, 4) is 0 Å². The summed E-state index contributed by atoms with van der Waals surface area (Å²) < 4.78 is 31.1. The van der Waals surface area contributed by atoms with Crippen molar-refractivity contribution in [2.24, 2.45) is 5.92 Å².